The van der Waals surface area contributed by atoms with Gasteiger partial charge in [-0.05, 0) is 40.2 Å². The first kappa shape index (κ1) is 8.52. The van der Waals surface area contributed by atoms with Crippen LogP contribution in [0.2, 0.25) is 0 Å². The summed E-state index contributed by atoms with van der Waals surface area (Å²) in [6, 6.07) is 0.504. The molecule has 2 heteroatoms. The normalized spacial score (nSPS) is 42.5. The Morgan fingerprint density at radius 2 is 2.00 bits per heavy atom. The molecule has 0 amide bonds. The van der Waals surface area contributed by atoms with Crippen molar-refractivity contribution < 1.29 is 0 Å². The van der Waals surface area contributed by atoms with Crippen LogP contribution in [0.5, 0.6) is 0 Å². The van der Waals surface area contributed by atoms with Crippen molar-refractivity contribution in [2.75, 3.05) is 13.1 Å². The molecule has 1 saturated heterocycles. The van der Waals surface area contributed by atoms with Gasteiger partial charge in [-0.25, -0.2) is 0 Å². The van der Waals surface area contributed by atoms with Crippen molar-refractivity contribution in [3.8, 4) is 0 Å². The molecule has 1 heterocycles. The summed E-state index contributed by atoms with van der Waals surface area (Å²) in [5.74, 6) is 0. The van der Waals surface area contributed by atoms with Crippen LogP contribution in [0.1, 0.15) is 33.6 Å². The molecule has 0 radical (unpaired) electrons. The molecule has 1 saturated carbocycles. The van der Waals surface area contributed by atoms with Crippen molar-refractivity contribution in [2.24, 2.45) is 11.1 Å². The highest BCUT2D eigenvalue weighted by Crippen LogP contribution is 2.52. The zero-order valence-corrected chi connectivity index (χ0v) is 8.43. The van der Waals surface area contributed by atoms with Crippen LogP contribution in [0.3, 0.4) is 0 Å². The second-order valence-electron chi connectivity index (χ2n) is 5.52. The van der Waals surface area contributed by atoms with Crippen molar-refractivity contribution >= 4 is 0 Å². The van der Waals surface area contributed by atoms with E-state index in [-0.39, 0.29) is 0 Å². The molecule has 0 bridgehead atoms. The summed E-state index contributed by atoms with van der Waals surface area (Å²) in [6.45, 7) is 9.36. The van der Waals surface area contributed by atoms with Gasteiger partial charge >= 0.3 is 0 Å². The van der Waals surface area contributed by atoms with Crippen LogP contribution in [0, 0.1) is 5.41 Å². The molecule has 0 unspecified atom stereocenters. The monoisotopic (exact) mass is 168 g/mol. The Balaban J connectivity index is 2.00. The molecule has 0 aromatic rings. The SMILES string of the molecule is CC(C)(C)N1CC[C@@]2(C[C@@H]2N)C1. The van der Waals surface area contributed by atoms with Crippen molar-refractivity contribution in [2.45, 2.75) is 45.2 Å². The second kappa shape index (κ2) is 2.24. The second-order valence-corrected chi connectivity index (χ2v) is 5.52. The third kappa shape index (κ3) is 1.17. The van der Waals surface area contributed by atoms with Gasteiger partial charge in [-0.3, -0.25) is 4.90 Å². The maximum atomic E-state index is 5.94. The first-order valence-corrected chi connectivity index (χ1v) is 4.95. The molecule has 2 nitrogen and oxygen atoms in total. The van der Waals surface area contributed by atoms with Gasteiger partial charge < -0.3 is 5.73 Å². The third-order valence-electron chi connectivity index (χ3n) is 3.59. The Labute approximate surface area is 75.1 Å². The molecule has 0 aromatic carbocycles. The Morgan fingerprint density at radius 1 is 1.42 bits per heavy atom. The standard InChI is InChI=1S/C10H20N2/c1-9(2,3)12-5-4-10(7-12)6-8(10)11/h8H,4-7,11H2,1-3H3/t8-,10+/m0/s1. The Bertz CT molecular complexity index is 195. The van der Waals surface area contributed by atoms with Crippen LogP contribution in [0.4, 0.5) is 0 Å². The lowest BCUT2D eigenvalue weighted by Crippen LogP contribution is -2.40. The molecule has 70 valence electrons. The lowest BCUT2D eigenvalue weighted by molar-refractivity contribution is 0.165. The summed E-state index contributed by atoms with van der Waals surface area (Å²) in [5, 5.41) is 0. The molecule has 2 rings (SSSR count). The van der Waals surface area contributed by atoms with E-state index in [4.69, 9.17) is 5.73 Å². The Morgan fingerprint density at radius 3 is 2.25 bits per heavy atom. The largest absolute Gasteiger partial charge is 0.327 e. The maximum absolute atomic E-state index is 5.94. The molecule has 1 aliphatic carbocycles. The van der Waals surface area contributed by atoms with E-state index in [2.05, 4.69) is 25.7 Å². The number of likely N-dealkylation sites (tertiary alicyclic amines) is 1. The number of nitrogens with zero attached hydrogens (tertiary/aromatic N) is 1. The first-order valence-electron chi connectivity index (χ1n) is 4.95. The molecule has 1 aliphatic heterocycles. The Kier molecular flexibility index (Phi) is 1.59. The molecule has 2 aliphatic rings. The summed E-state index contributed by atoms with van der Waals surface area (Å²) >= 11 is 0. The van der Waals surface area contributed by atoms with Gasteiger partial charge in [0.2, 0.25) is 0 Å². The zero-order chi connectivity index (χ0) is 8.98. The summed E-state index contributed by atoms with van der Waals surface area (Å²) in [5.41, 5.74) is 6.82. The number of nitrogens with two attached hydrogens (primary N) is 1. The summed E-state index contributed by atoms with van der Waals surface area (Å²) in [6.07, 6.45) is 2.59. The first-order chi connectivity index (χ1) is 5.44. The van der Waals surface area contributed by atoms with Crippen LogP contribution in [0.15, 0.2) is 0 Å². The van der Waals surface area contributed by atoms with Crippen molar-refractivity contribution in [3.05, 3.63) is 0 Å². The van der Waals surface area contributed by atoms with Gasteiger partial charge in [-0.15, -0.1) is 0 Å². The van der Waals surface area contributed by atoms with Gasteiger partial charge in [0.15, 0.2) is 0 Å². The van der Waals surface area contributed by atoms with Crippen LogP contribution in [-0.4, -0.2) is 29.6 Å². The average Bonchev–Trinajstić information content (AvgIpc) is 2.43. The van der Waals surface area contributed by atoms with Crippen LogP contribution in [-0.2, 0) is 0 Å². The van der Waals surface area contributed by atoms with Gasteiger partial charge in [0, 0.05) is 23.5 Å². The van der Waals surface area contributed by atoms with E-state index in [9.17, 15) is 0 Å². The van der Waals surface area contributed by atoms with E-state index in [1.807, 2.05) is 0 Å². The van der Waals surface area contributed by atoms with E-state index >= 15 is 0 Å². The van der Waals surface area contributed by atoms with Gasteiger partial charge in [-0.2, -0.15) is 0 Å². The number of rotatable bonds is 0. The third-order valence-corrected chi connectivity index (χ3v) is 3.59. The Hall–Kier alpha value is -0.0800. The molecule has 2 atom stereocenters. The number of hydrogen-bond donors (Lipinski definition) is 1. The predicted octanol–water partition coefficient (Wildman–Crippen LogP) is 1.21. The van der Waals surface area contributed by atoms with E-state index in [0.717, 1.165) is 0 Å². The van der Waals surface area contributed by atoms with E-state index in [0.29, 0.717) is 17.0 Å². The highest BCUT2D eigenvalue weighted by molar-refractivity contribution is 5.12. The van der Waals surface area contributed by atoms with Gasteiger partial charge in [0.25, 0.3) is 0 Å². The zero-order valence-electron chi connectivity index (χ0n) is 8.43. The summed E-state index contributed by atoms with van der Waals surface area (Å²) < 4.78 is 0. The van der Waals surface area contributed by atoms with Crippen LogP contribution >= 0.6 is 0 Å². The molecular formula is C10H20N2. The fourth-order valence-corrected chi connectivity index (χ4v) is 2.32. The fraction of sp³-hybridized carbons (Fsp3) is 1.00. The van der Waals surface area contributed by atoms with E-state index in [1.54, 1.807) is 0 Å². The van der Waals surface area contributed by atoms with Crippen LogP contribution in [0.25, 0.3) is 0 Å². The van der Waals surface area contributed by atoms with Crippen molar-refractivity contribution in [1.29, 1.82) is 0 Å². The van der Waals surface area contributed by atoms with Gasteiger partial charge in [0.05, 0.1) is 0 Å². The molecule has 12 heavy (non-hydrogen) atoms. The summed E-state index contributed by atoms with van der Waals surface area (Å²) in [4.78, 5) is 2.57. The van der Waals surface area contributed by atoms with Crippen molar-refractivity contribution in [3.63, 3.8) is 0 Å². The molecule has 0 aromatic heterocycles. The lowest BCUT2D eigenvalue weighted by atomic mass is 10.0. The minimum atomic E-state index is 0.339. The van der Waals surface area contributed by atoms with E-state index in [1.165, 1.54) is 25.9 Å². The minimum absolute atomic E-state index is 0.339. The highest BCUT2D eigenvalue weighted by Gasteiger charge is 2.56. The predicted molar refractivity (Wildman–Crippen MR) is 51.0 cm³/mol. The van der Waals surface area contributed by atoms with Crippen molar-refractivity contribution in [1.82, 2.24) is 4.90 Å². The molecule has 2 fully saturated rings. The highest BCUT2D eigenvalue weighted by atomic mass is 15.2. The molecule has 1 spiro atoms. The van der Waals surface area contributed by atoms with E-state index < -0.39 is 0 Å². The number of hydrogen-bond acceptors (Lipinski definition) is 2. The van der Waals surface area contributed by atoms with Gasteiger partial charge in [-0.1, -0.05) is 0 Å². The van der Waals surface area contributed by atoms with Gasteiger partial charge in [0.1, 0.15) is 0 Å². The average molecular weight is 168 g/mol. The summed E-state index contributed by atoms with van der Waals surface area (Å²) in [7, 11) is 0. The molecular weight excluding hydrogens is 148 g/mol. The maximum Gasteiger partial charge on any atom is 0.0125 e. The fourth-order valence-electron chi connectivity index (χ4n) is 2.32. The topological polar surface area (TPSA) is 29.3 Å². The minimum Gasteiger partial charge on any atom is -0.327 e. The quantitative estimate of drug-likeness (QED) is 0.589. The van der Waals surface area contributed by atoms with Crippen LogP contribution < -0.4 is 5.73 Å². The lowest BCUT2D eigenvalue weighted by Gasteiger charge is -2.31. The smallest absolute Gasteiger partial charge is 0.0125 e. The molecule has 2 N–H and O–H groups in total.